The number of hydrogen-bond acceptors (Lipinski definition) is 8. The highest BCUT2D eigenvalue weighted by Crippen LogP contribution is 2.27. The van der Waals surface area contributed by atoms with Crippen molar-refractivity contribution in [1.82, 2.24) is 10.6 Å². The van der Waals surface area contributed by atoms with Gasteiger partial charge in [0.05, 0.1) is 29.8 Å². The van der Waals surface area contributed by atoms with Crippen LogP contribution in [0.3, 0.4) is 0 Å². The van der Waals surface area contributed by atoms with Crippen LogP contribution in [0.25, 0.3) is 0 Å². The van der Waals surface area contributed by atoms with E-state index in [2.05, 4.69) is 25.4 Å². The summed E-state index contributed by atoms with van der Waals surface area (Å²) in [6.45, 7) is 4.62. The minimum atomic E-state index is -3.99. The molecule has 0 aliphatic heterocycles. The minimum absolute atomic E-state index is 0. The fourth-order valence-electron chi connectivity index (χ4n) is 3.49. The number of nitrogens with two attached hydrogens (primary N) is 1. The number of nitrogens with one attached hydrogen (secondary N) is 4. The largest absolute Gasteiger partial charge is 0.465 e. The second-order valence-electron chi connectivity index (χ2n) is 8.49. The van der Waals surface area contributed by atoms with E-state index in [0.29, 0.717) is 25.1 Å². The Hall–Kier alpha value is -1.93. The fraction of sp³-hybridized carbons (Fsp3) is 0.480. The fourth-order valence-corrected chi connectivity index (χ4v) is 4.70. The number of rotatable bonds is 18. The summed E-state index contributed by atoms with van der Waals surface area (Å²) in [4.78, 5) is 12.1. The van der Waals surface area contributed by atoms with Gasteiger partial charge in [0.1, 0.15) is 11.6 Å². The van der Waals surface area contributed by atoms with Gasteiger partial charge in [-0.2, -0.15) is 0 Å². The molecular weight excluding hydrogens is 611 g/mol. The standard InChI is InChI=1S/C25H37F2N5O4S.3ClH/c1-36-25(33)21-16-22(27)24(31-15-5-14-30-12-3-2-11-29-13-4-10-28)17-23(21)32-37(34,35)18-19-6-8-20(26)9-7-19;;;/h6-9,16-17,29-32H,2-5,10-15,18,28H2,1H3;3*1H. The number of methoxy groups -OCH3 is 1. The van der Waals surface area contributed by atoms with E-state index in [1.165, 1.54) is 18.2 Å². The van der Waals surface area contributed by atoms with Crippen molar-refractivity contribution in [2.45, 2.75) is 31.4 Å². The van der Waals surface area contributed by atoms with Crippen LogP contribution in [0.1, 0.15) is 41.6 Å². The van der Waals surface area contributed by atoms with Crippen LogP contribution in [0.2, 0.25) is 0 Å². The first kappa shape index (κ1) is 40.2. The second kappa shape index (κ2) is 21.8. The molecule has 2 rings (SSSR count). The highest BCUT2D eigenvalue weighted by molar-refractivity contribution is 7.91. The minimum Gasteiger partial charge on any atom is -0.465 e. The molecule has 0 radical (unpaired) electrons. The summed E-state index contributed by atoms with van der Waals surface area (Å²) in [5.41, 5.74) is 5.48. The number of hydrogen-bond donors (Lipinski definition) is 5. The van der Waals surface area contributed by atoms with Crippen molar-refractivity contribution in [3.63, 3.8) is 0 Å². The average Bonchev–Trinajstić information content (AvgIpc) is 2.86. The molecule has 0 spiro atoms. The van der Waals surface area contributed by atoms with Gasteiger partial charge in [0, 0.05) is 6.54 Å². The maximum Gasteiger partial charge on any atom is 0.340 e. The number of anilines is 2. The van der Waals surface area contributed by atoms with Gasteiger partial charge in [0.25, 0.3) is 0 Å². The molecular formula is C25H40Cl3F2N5O4S. The third kappa shape index (κ3) is 15.2. The van der Waals surface area contributed by atoms with E-state index in [1.807, 2.05) is 0 Å². The molecule has 0 bridgehead atoms. The smallest absolute Gasteiger partial charge is 0.340 e. The van der Waals surface area contributed by atoms with Crippen molar-refractivity contribution in [2.75, 3.05) is 56.4 Å². The normalized spacial score (nSPS) is 10.5. The Balaban J connectivity index is 0. The number of sulfonamides is 1. The van der Waals surface area contributed by atoms with Gasteiger partial charge in [-0.05, 0) is 88.2 Å². The van der Waals surface area contributed by atoms with Crippen molar-refractivity contribution in [1.29, 1.82) is 0 Å². The molecule has 0 saturated heterocycles. The van der Waals surface area contributed by atoms with Gasteiger partial charge in [-0.25, -0.2) is 22.0 Å². The van der Waals surface area contributed by atoms with Crippen molar-refractivity contribution in [2.24, 2.45) is 5.73 Å². The van der Waals surface area contributed by atoms with Gasteiger partial charge in [-0.3, -0.25) is 4.72 Å². The molecule has 230 valence electrons. The van der Waals surface area contributed by atoms with Crippen LogP contribution in [-0.2, 0) is 20.5 Å². The molecule has 2 aromatic rings. The number of carbonyl (C=O) groups excluding carboxylic acids is 1. The molecule has 0 fully saturated rings. The highest BCUT2D eigenvalue weighted by Gasteiger charge is 2.21. The summed E-state index contributed by atoms with van der Waals surface area (Å²) in [5.74, 6) is -2.54. The number of ether oxygens (including phenoxy) is 1. The predicted molar refractivity (Wildman–Crippen MR) is 164 cm³/mol. The van der Waals surface area contributed by atoms with E-state index in [0.717, 1.165) is 70.8 Å². The lowest BCUT2D eigenvalue weighted by atomic mass is 10.1. The van der Waals surface area contributed by atoms with Crippen molar-refractivity contribution >= 4 is 64.6 Å². The van der Waals surface area contributed by atoms with Gasteiger partial charge in [0.15, 0.2) is 0 Å². The molecule has 0 heterocycles. The summed E-state index contributed by atoms with van der Waals surface area (Å²) in [5, 5.41) is 9.61. The van der Waals surface area contributed by atoms with Crippen LogP contribution < -0.4 is 26.4 Å². The van der Waals surface area contributed by atoms with Crippen LogP contribution in [0.4, 0.5) is 20.2 Å². The van der Waals surface area contributed by atoms with Gasteiger partial charge in [0.2, 0.25) is 10.0 Å². The lowest BCUT2D eigenvalue weighted by Gasteiger charge is -2.15. The Morgan fingerprint density at radius 2 is 1.43 bits per heavy atom. The summed E-state index contributed by atoms with van der Waals surface area (Å²) >= 11 is 0. The zero-order chi connectivity index (χ0) is 27.1. The highest BCUT2D eigenvalue weighted by atomic mass is 35.5. The third-order valence-corrected chi connectivity index (χ3v) is 6.65. The zero-order valence-corrected chi connectivity index (χ0v) is 25.6. The molecule has 9 nitrogen and oxygen atoms in total. The third-order valence-electron chi connectivity index (χ3n) is 5.41. The van der Waals surface area contributed by atoms with Crippen molar-refractivity contribution < 1.29 is 26.7 Å². The Labute approximate surface area is 254 Å². The van der Waals surface area contributed by atoms with Crippen molar-refractivity contribution in [3.8, 4) is 0 Å². The lowest BCUT2D eigenvalue weighted by molar-refractivity contribution is 0.0601. The van der Waals surface area contributed by atoms with Gasteiger partial charge < -0.3 is 26.4 Å². The van der Waals surface area contributed by atoms with E-state index in [1.54, 1.807) is 0 Å². The maximum atomic E-state index is 14.7. The molecule has 0 saturated carbocycles. The number of carbonyl (C=O) groups is 1. The van der Waals surface area contributed by atoms with Crippen LogP contribution >= 0.6 is 37.2 Å². The summed E-state index contributed by atoms with van der Waals surface area (Å²) < 4.78 is 60.2. The molecule has 2 aromatic carbocycles. The number of esters is 1. The molecule has 0 unspecified atom stereocenters. The van der Waals surface area contributed by atoms with Crippen LogP contribution in [-0.4, -0.2) is 60.8 Å². The summed E-state index contributed by atoms with van der Waals surface area (Å²) in [6, 6.07) is 7.17. The van der Waals surface area contributed by atoms with Gasteiger partial charge in [-0.1, -0.05) is 12.1 Å². The van der Waals surface area contributed by atoms with Gasteiger partial charge >= 0.3 is 5.97 Å². The number of benzene rings is 2. The van der Waals surface area contributed by atoms with E-state index in [-0.39, 0.29) is 54.2 Å². The van der Waals surface area contributed by atoms with E-state index >= 15 is 0 Å². The van der Waals surface area contributed by atoms with E-state index < -0.39 is 33.4 Å². The molecule has 0 aliphatic carbocycles. The molecule has 0 aromatic heterocycles. The van der Waals surface area contributed by atoms with Crippen LogP contribution in [0.5, 0.6) is 0 Å². The Morgan fingerprint density at radius 3 is 2.00 bits per heavy atom. The molecule has 40 heavy (non-hydrogen) atoms. The SMILES string of the molecule is COC(=O)c1cc(F)c(NCCCNCCCCNCCCN)cc1NS(=O)(=O)Cc1ccc(F)cc1.Cl.Cl.Cl. The molecule has 0 amide bonds. The summed E-state index contributed by atoms with van der Waals surface area (Å²) in [7, 11) is -2.87. The Morgan fingerprint density at radius 1 is 0.850 bits per heavy atom. The van der Waals surface area contributed by atoms with Crippen LogP contribution in [0, 0.1) is 11.6 Å². The van der Waals surface area contributed by atoms with E-state index in [4.69, 9.17) is 5.73 Å². The maximum absolute atomic E-state index is 14.7. The molecule has 15 heteroatoms. The second-order valence-corrected chi connectivity index (χ2v) is 10.2. The van der Waals surface area contributed by atoms with Crippen molar-refractivity contribution in [3.05, 3.63) is 59.2 Å². The Kier molecular flexibility index (Phi) is 21.9. The average molecular weight is 651 g/mol. The monoisotopic (exact) mass is 649 g/mol. The van der Waals surface area contributed by atoms with E-state index in [9.17, 15) is 22.0 Å². The molecule has 0 aliphatic rings. The van der Waals surface area contributed by atoms with Crippen LogP contribution in [0.15, 0.2) is 36.4 Å². The zero-order valence-electron chi connectivity index (χ0n) is 22.3. The number of halogens is 5. The quantitative estimate of drug-likeness (QED) is 0.120. The van der Waals surface area contributed by atoms with Gasteiger partial charge in [-0.15, -0.1) is 37.2 Å². The summed E-state index contributed by atoms with van der Waals surface area (Å²) in [6.07, 6.45) is 3.78. The lowest BCUT2D eigenvalue weighted by Crippen LogP contribution is -2.22. The topological polar surface area (TPSA) is 135 Å². The molecule has 6 N–H and O–H groups in total. The molecule has 0 atom stereocenters. The Bertz CT molecular complexity index is 1100. The first-order chi connectivity index (χ1) is 17.8. The predicted octanol–water partition coefficient (Wildman–Crippen LogP) is 4.07. The number of unbranched alkanes of at least 4 members (excludes halogenated alkanes) is 1. The first-order valence-corrected chi connectivity index (χ1v) is 13.9. The first-order valence-electron chi connectivity index (χ1n) is 12.3.